The molecule has 1 heterocycles. The van der Waals surface area contributed by atoms with E-state index in [1.807, 2.05) is 26.0 Å². The average molecular weight is 362 g/mol. The number of benzene rings is 2. The highest BCUT2D eigenvalue weighted by atomic mass is 35.5. The van der Waals surface area contributed by atoms with Gasteiger partial charge in [-0.15, -0.1) is 5.10 Å². The summed E-state index contributed by atoms with van der Waals surface area (Å²) in [6, 6.07) is 10.5. The highest BCUT2D eigenvalue weighted by molar-refractivity contribution is 6.35. The van der Waals surface area contributed by atoms with Crippen molar-refractivity contribution in [2.45, 2.75) is 13.8 Å². The molecule has 7 heteroatoms. The number of nitrogens with one attached hydrogen (secondary N) is 1. The lowest BCUT2D eigenvalue weighted by molar-refractivity contribution is 0.102. The third-order valence-electron chi connectivity index (χ3n) is 3.44. The first-order chi connectivity index (χ1) is 11.4. The molecule has 0 atom stereocenters. The van der Waals surface area contributed by atoms with Crippen LogP contribution in [0.15, 0.2) is 40.8 Å². The van der Waals surface area contributed by atoms with Gasteiger partial charge in [-0.25, -0.2) is 0 Å². The van der Waals surface area contributed by atoms with E-state index < -0.39 is 0 Å². The number of aryl methyl sites for hydroxylation is 2. The minimum Gasteiger partial charge on any atom is -0.403 e. The number of amides is 1. The van der Waals surface area contributed by atoms with Gasteiger partial charge >= 0.3 is 6.01 Å². The third-order valence-corrected chi connectivity index (χ3v) is 4.01. The number of carbonyl (C=O) groups is 1. The molecule has 122 valence electrons. The molecule has 0 unspecified atom stereocenters. The molecule has 5 nitrogen and oxygen atoms in total. The largest absolute Gasteiger partial charge is 0.403 e. The normalized spacial score (nSPS) is 10.7. The molecule has 0 aliphatic heterocycles. The van der Waals surface area contributed by atoms with Gasteiger partial charge in [0.15, 0.2) is 0 Å². The Morgan fingerprint density at radius 3 is 2.67 bits per heavy atom. The maximum absolute atomic E-state index is 12.4. The van der Waals surface area contributed by atoms with Crippen LogP contribution in [0.1, 0.15) is 21.5 Å². The highest BCUT2D eigenvalue weighted by Crippen LogP contribution is 2.30. The van der Waals surface area contributed by atoms with Crippen LogP contribution in [0.5, 0.6) is 0 Å². The van der Waals surface area contributed by atoms with E-state index in [1.54, 1.807) is 24.3 Å². The number of hydrogen-bond acceptors (Lipinski definition) is 4. The first kappa shape index (κ1) is 16.5. The number of rotatable bonds is 3. The second kappa shape index (κ2) is 6.63. The maximum Gasteiger partial charge on any atom is 0.322 e. The van der Waals surface area contributed by atoms with E-state index in [-0.39, 0.29) is 17.8 Å². The summed E-state index contributed by atoms with van der Waals surface area (Å²) < 4.78 is 5.47. The van der Waals surface area contributed by atoms with Gasteiger partial charge in [0.2, 0.25) is 0 Å². The predicted molar refractivity (Wildman–Crippen MR) is 93.6 cm³/mol. The van der Waals surface area contributed by atoms with Crippen molar-refractivity contribution in [1.29, 1.82) is 0 Å². The Morgan fingerprint density at radius 2 is 1.88 bits per heavy atom. The standard InChI is InChI=1S/C17H13Cl2N3O2/c1-9-3-4-10(2)12(7-9)15(23)20-17-22-21-16(24-17)13-8-11(18)5-6-14(13)19/h3-8H,1-2H3,(H,20,22,23). The van der Waals surface area contributed by atoms with Crippen LogP contribution in [0.4, 0.5) is 6.01 Å². The van der Waals surface area contributed by atoms with E-state index in [2.05, 4.69) is 15.5 Å². The molecule has 3 aromatic rings. The fraction of sp³-hybridized carbons (Fsp3) is 0.118. The van der Waals surface area contributed by atoms with Gasteiger partial charge in [-0.2, -0.15) is 0 Å². The van der Waals surface area contributed by atoms with Crippen LogP contribution >= 0.6 is 23.2 Å². The molecule has 1 N–H and O–H groups in total. The van der Waals surface area contributed by atoms with Crippen LogP contribution in [0.3, 0.4) is 0 Å². The first-order valence-corrected chi connectivity index (χ1v) is 7.87. The second-order valence-electron chi connectivity index (χ2n) is 5.31. The van der Waals surface area contributed by atoms with Crippen molar-refractivity contribution in [1.82, 2.24) is 10.2 Å². The van der Waals surface area contributed by atoms with Gasteiger partial charge in [0, 0.05) is 10.6 Å². The maximum atomic E-state index is 12.4. The molecule has 2 aromatic carbocycles. The van der Waals surface area contributed by atoms with Crippen molar-refractivity contribution in [3.63, 3.8) is 0 Å². The molecule has 1 aromatic heterocycles. The van der Waals surface area contributed by atoms with Crippen molar-refractivity contribution >= 4 is 35.1 Å². The Kier molecular flexibility index (Phi) is 4.55. The molecule has 0 aliphatic rings. The van der Waals surface area contributed by atoms with Crippen LogP contribution in [0.25, 0.3) is 11.5 Å². The lowest BCUT2D eigenvalue weighted by Gasteiger charge is -2.05. The SMILES string of the molecule is Cc1ccc(C)c(C(=O)Nc2nnc(-c3cc(Cl)ccc3Cl)o2)c1. The molecule has 24 heavy (non-hydrogen) atoms. The Hall–Kier alpha value is -2.37. The monoisotopic (exact) mass is 361 g/mol. The van der Waals surface area contributed by atoms with Crippen LogP contribution in [0, 0.1) is 13.8 Å². The molecule has 3 rings (SSSR count). The summed E-state index contributed by atoms with van der Waals surface area (Å²) in [5.74, 6) is -0.137. The number of aromatic nitrogens is 2. The van der Waals surface area contributed by atoms with Crippen LogP contribution in [-0.2, 0) is 0 Å². The van der Waals surface area contributed by atoms with E-state index in [4.69, 9.17) is 27.6 Å². The second-order valence-corrected chi connectivity index (χ2v) is 6.15. The quantitative estimate of drug-likeness (QED) is 0.719. The van der Waals surface area contributed by atoms with E-state index in [0.29, 0.717) is 21.2 Å². The number of nitrogens with zero attached hydrogens (tertiary/aromatic N) is 2. The topological polar surface area (TPSA) is 68.0 Å². The zero-order valence-electron chi connectivity index (χ0n) is 12.9. The Bertz CT molecular complexity index is 922. The minimum atomic E-state index is -0.316. The van der Waals surface area contributed by atoms with Gasteiger partial charge in [0.05, 0.1) is 10.6 Å². The fourth-order valence-electron chi connectivity index (χ4n) is 2.19. The van der Waals surface area contributed by atoms with E-state index in [0.717, 1.165) is 11.1 Å². The van der Waals surface area contributed by atoms with Gasteiger partial charge in [0.1, 0.15) is 0 Å². The van der Waals surface area contributed by atoms with E-state index >= 15 is 0 Å². The molecule has 0 saturated heterocycles. The van der Waals surface area contributed by atoms with Gasteiger partial charge < -0.3 is 4.42 Å². The number of hydrogen-bond donors (Lipinski definition) is 1. The number of anilines is 1. The first-order valence-electron chi connectivity index (χ1n) is 7.11. The van der Waals surface area contributed by atoms with E-state index in [9.17, 15) is 4.79 Å². The molecular formula is C17H13Cl2N3O2. The summed E-state index contributed by atoms with van der Waals surface area (Å²) in [4.78, 5) is 12.4. The van der Waals surface area contributed by atoms with Crippen LogP contribution < -0.4 is 5.32 Å². The number of halogens is 2. The Labute approximate surface area is 148 Å². The molecule has 0 fully saturated rings. The van der Waals surface area contributed by atoms with Crippen molar-refractivity contribution in [2.24, 2.45) is 0 Å². The van der Waals surface area contributed by atoms with Crippen molar-refractivity contribution in [2.75, 3.05) is 5.32 Å². The summed E-state index contributed by atoms with van der Waals surface area (Å²) in [6.07, 6.45) is 0. The Balaban J connectivity index is 1.85. The Morgan fingerprint density at radius 1 is 1.08 bits per heavy atom. The zero-order chi connectivity index (χ0) is 17.3. The van der Waals surface area contributed by atoms with Gasteiger partial charge in [-0.3, -0.25) is 10.1 Å². The summed E-state index contributed by atoms with van der Waals surface area (Å²) in [5, 5.41) is 11.2. The summed E-state index contributed by atoms with van der Waals surface area (Å²) in [6.45, 7) is 3.78. The van der Waals surface area contributed by atoms with Crippen molar-refractivity contribution in [3.8, 4) is 11.5 Å². The lowest BCUT2D eigenvalue weighted by Crippen LogP contribution is -2.13. The lowest BCUT2D eigenvalue weighted by atomic mass is 10.1. The average Bonchev–Trinajstić information content (AvgIpc) is 3.00. The molecule has 0 bridgehead atoms. The summed E-state index contributed by atoms with van der Waals surface area (Å²) >= 11 is 12.1. The third kappa shape index (κ3) is 3.42. The van der Waals surface area contributed by atoms with Gasteiger partial charge in [-0.05, 0) is 43.7 Å². The summed E-state index contributed by atoms with van der Waals surface area (Å²) in [7, 11) is 0. The molecule has 1 amide bonds. The van der Waals surface area contributed by atoms with Gasteiger partial charge in [0.25, 0.3) is 11.8 Å². The zero-order valence-corrected chi connectivity index (χ0v) is 14.4. The smallest absolute Gasteiger partial charge is 0.322 e. The van der Waals surface area contributed by atoms with E-state index in [1.165, 1.54) is 0 Å². The number of carbonyl (C=O) groups excluding carboxylic acids is 1. The molecule has 0 saturated carbocycles. The predicted octanol–water partition coefficient (Wildman–Crippen LogP) is 4.91. The molecular weight excluding hydrogens is 349 g/mol. The van der Waals surface area contributed by atoms with Crippen LogP contribution in [-0.4, -0.2) is 16.1 Å². The molecule has 0 spiro atoms. The van der Waals surface area contributed by atoms with Crippen molar-refractivity contribution < 1.29 is 9.21 Å². The highest BCUT2D eigenvalue weighted by Gasteiger charge is 2.16. The summed E-state index contributed by atoms with van der Waals surface area (Å²) in [5.41, 5.74) is 2.90. The fourth-order valence-corrected chi connectivity index (χ4v) is 2.56. The molecule has 0 aliphatic carbocycles. The molecule has 0 radical (unpaired) electrons. The van der Waals surface area contributed by atoms with Gasteiger partial charge in [-0.1, -0.05) is 46.0 Å². The van der Waals surface area contributed by atoms with Crippen molar-refractivity contribution in [3.05, 3.63) is 63.1 Å². The minimum absolute atomic E-state index is 0.00746. The van der Waals surface area contributed by atoms with Crippen LogP contribution in [0.2, 0.25) is 10.0 Å².